The van der Waals surface area contributed by atoms with Gasteiger partial charge in [0.1, 0.15) is 11.9 Å². The fourth-order valence-corrected chi connectivity index (χ4v) is 5.16. The Bertz CT molecular complexity index is 808. The van der Waals surface area contributed by atoms with Crippen LogP contribution in [0.3, 0.4) is 0 Å². The summed E-state index contributed by atoms with van der Waals surface area (Å²) in [6, 6.07) is 5.28. The van der Waals surface area contributed by atoms with Gasteiger partial charge in [-0.15, -0.1) is 12.4 Å². The number of hydrogen-bond donors (Lipinski definition) is 3. The molecule has 7 nitrogen and oxygen atoms in total. The molecule has 3 saturated heterocycles. The number of carbonyl (C=O) groups is 2. The van der Waals surface area contributed by atoms with Crippen molar-refractivity contribution in [2.75, 3.05) is 42.9 Å². The minimum absolute atomic E-state index is 0. The molecule has 3 fully saturated rings. The van der Waals surface area contributed by atoms with Gasteiger partial charge in [-0.1, -0.05) is 0 Å². The van der Waals surface area contributed by atoms with Gasteiger partial charge in [0.05, 0.1) is 5.69 Å². The van der Waals surface area contributed by atoms with E-state index in [1.165, 1.54) is 18.9 Å². The highest BCUT2D eigenvalue weighted by Crippen LogP contribution is 2.29. The van der Waals surface area contributed by atoms with E-state index >= 15 is 4.39 Å². The van der Waals surface area contributed by atoms with Crippen LogP contribution in [0.1, 0.15) is 39.5 Å². The number of halogens is 2. The number of anilines is 2. The van der Waals surface area contributed by atoms with E-state index in [9.17, 15) is 9.59 Å². The molecule has 32 heavy (non-hydrogen) atoms. The van der Waals surface area contributed by atoms with E-state index in [2.05, 4.69) is 39.6 Å². The molecule has 4 rings (SSSR count). The lowest BCUT2D eigenvalue weighted by Gasteiger charge is -2.47. The summed E-state index contributed by atoms with van der Waals surface area (Å²) in [6.07, 6.45) is 3.18. The Morgan fingerprint density at radius 1 is 1.09 bits per heavy atom. The molecule has 0 aromatic heterocycles. The molecule has 178 valence electrons. The van der Waals surface area contributed by atoms with Crippen LogP contribution in [0.15, 0.2) is 18.2 Å². The van der Waals surface area contributed by atoms with E-state index in [0.29, 0.717) is 36.3 Å². The molecule has 1 aromatic rings. The van der Waals surface area contributed by atoms with Crippen LogP contribution in [0.5, 0.6) is 0 Å². The van der Waals surface area contributed by atoms with Gasteiger partial charge in [-0.3, -0.25) is 19.8 Å². The number of nitrogens with zero attached hydrogens (tertiary/aromatic N) is 2. The lowest BCUT2D eigenvalue weighted by Crippen LogP contribution is -2.58. The van der Waals surface area contributed by atoms with Gasteiger partial charge in [0.2, 0.25) is 11.8 Å². The van der Waals surface area contributed by atoms with E-state index < -0.39 is 6.04 Å². The number of rotatable bonds is 5. The standard InChI is InChI=1S/C23H34FN5O2.ClH/c1-15-12-28(13-16(2)29(15)14-17-7-9-25-10-8-17)21-5-3-18(11-19(21)24)26-20-4-6-22(30)27-23(20)31;/h3,5,11,15-17,20,25-26H,4,6-10,12-14H2,1-2H3,(H,27,30,31);1H/t15-,16+,20?;. The quantitative estimate of drug-likeness (QED) is 0.577. The molecule has 1 unspecified atom stereocenters. The molecule has 3 aliphatic heterocycles. The van der Waals surface area contributed by atoms with Crippen molar-refractivity contribution >= 4 is 35.6 Å². The van der Waals surface area contributed by atoms with Crippen molar-refractivity contribution in [1.29, 1.82) is 0 Å². The normalized spacial score (nSPS) is 27.6. The molecule has 0 radical (unpaired) electrons. The average molecular weight is 468 g/mol. The number of piperazine rings is 1. The molecule has 3 heterocycles. The Balaban J connectivity index is 0.00000289. The minimum Gasteiger partial charge on any atom is -0.374 e. The van der Waals surface area contributed by atoms with Gasteiger partial charge in [-0.05, 0) is 70.3 Å². The lowest BCUT2D eigenvalue weighted by atomic mass is 9.95. The third-order valence-corrected chi connectivity index (χ3v) is 6.90. The Hall–Kier alpha value is -1.90. The third kappa shape index (κ3) is 5.71. The Labute approximate surface area is 195 Å². The first-order chi connectivity index (χ1) is 14.9. The fourth-order valence-electron chi connectivity index (χ4n) is 5.16. The van der Waals surface area contributed by atoms with Gasteiger partial charge in [0, 0.05) is 43.8 Å². The fraction of sp³-hybridized carbons (Fsp3) is 0.652. The monoisotopic (exact) mass is 467 g/mol. The summed E-state index contributed by atoms with van der Waals surface area (Å²) in [6.45, 7) is 9.41. The van der Waals surface area contributed by atoms with Crippen molar-refractivity contribution in [1.82, 2.24) is 15.5 Å². The third-order valence-electron chi connectivity index (χ3n) is 6.90. The molecule has 0 saturated carbocycles. The van der Waals surface area contributed by atoms with Gasteiger partial charge in [-0.2, -0.15) is 0 Å². The predicted molar refractivity (Wildman–Crippen MR) is 127 cm³/mol. The van der Waals surface area contributed by atoms with Crippen LogP contribution in [0.2, 0.25) is 0 Å². The molecule has 1 aromatic carbocycles. The lowest BCUT2D eigenvalue weighted by molar-refractivity contribution is -0.133. The first kappa shape index (κ1) is 24.7. The number of benzene rings is 1. The summed E-state index contributed by atoms with van der Waals surface area (Å²) in [4.78, 5) is 28.0. The Kier molecular flexibility index (Phi) is 8.36. The maximum atomic E-state index is 15.0. The molecule has 2 amide bonds. The number of piperidine rings is 2. The number of hydrogen-bond acceptors (Lipinski definition) is 6. The number of amides is 2. The van der Waals surface area contributed by atoms with Crippen molar-refractivity contribution in [3.05, 3.63) is 24.0 Å². The second kappa shape index (κ2) is 10.8. The van der Waals surface area contributed by atoms with Crippen molar-refractivity contribution < 1.29 is 14.0 Å². The average Bonchev–Trinajstić information content (AvgIpc) is 2.73. The van der Waals surface area contributed by atoms with Gasteiger partial charge < -0.3 is 15.5 Å². The zero-order valence-corrected chi connectivity index (χ0v) is 19.7. The van der Waals surface area contributed by atoms with Crippen molar-refractivity contribution in [2.45, 2.75) is 57.7 Å². The van der Waals surface area contributed by atoms with Crippen molar-refractivity contribution in [3.8, 4) is 0 Å². The smallest absolute Gasteiger partial charge is 0.249 e. The number of nitrogens with one attached hydrogen (secondary N) is 3. The summed E-state index contributed by atoms with van der Waals surface area (Å²) >= 11 is 0. The van der Waals surface area contributed by atoms with Crippen LogP contribution in [-0.2, 0) is 9.59 Å². The van der Waals surface area contributed by atoms with Crippen LogP contribution in [0.4, 0.5) is 15.8 Å². The second-order valence-corrected chi connectivity index (χ2v) is 9.31. The predicted octanol–water partition coefficient (Wildman–Crippen LogP) is 2.36. The highest BCUT2D eigenvalue weighted by atomic mass is 35.5. The van der Waals surface area contributed by atoms with Crippen molar-refractivity contribution in [3.63, 3.8) is 0 Å². The van der Waals surface area contributed by atoms with E-state index in [0.717, 1.165) is 38.6 Å². The van der Waals surface area contributed by atoms with E-state index in [1.54, 1.807) is 6.07 Å². The molecule has 3 atom stereocenters. The van der Waals surface area contributed by atoms with Crippen molar-refractivity contribution in [2.24, 2.45) is 5.92 Å². The van der Waals surface area contributed by atoms with Crippen LogP contribution in [0, 0.1) is 11.7 Å². The second-order valence-electron chi connectivity index (χ2n) is 9.31. The maximum absolute atomic E-state index is 15.0. The molecule has 3 aliphatic rings. The summed E-state index contributed by atoms with van der Waals surface area (Å²) in [7, 11) is 0. The first-order valence-corrected chi connectivity index (χ1v) is 11.5. The SMILES string of the molecule is C[C@@H]1CN(c2ccc(NC3CCC(=O)NC3=O)cc2F)C[C@H](C)N1CC1CCNCC1.Cl. The van der Waals surface area contributed by atoms with Crippen LogP contribution in [-0.4, -0.2) is 67.6 Å². The molecule has 0 bridgehead atoms. The molecular formula is C23H35ClFN5O2. The summed E-state index contributed by atoms with van der Waals surface area (Å²) in [5.74, 6) is -0.157. The van der Waals surface area contributed by atoms with E-state index in [-0.39, 0.29) is 30.0 Å². The van der Waals surface area contributed by atoms with Gasteiger partial charge >= 0.3 is 0 Å². The Morgan fingerprint density at radius 2 is 1.78 bits per heavy atom. The Morgan fingerprint density at radius 3 is 2.41 bits per heavy atom. The molecular weight excluding hydrogens is 433 g/mol. The first-order valence-electron chi connectivity index (χ1n) is 11.5. The largest absolute Gasteiger partial charge is 0.374 e. The van der Waals surface area contributed by atoms with Gasteiger partial charge in [0.25, 0.3) is 0 Å². The van der Waals surface area contributed by atoms with Gasteiger partial charge in [0.15, 0.2) is 0 Å². The van der Waals surface area contributed by atoms with Crippen LogP contribution >= 0.6 is 12.4 Å². The molecule has 0 aliphatic carbocycles. The molecule has 3 N–H and O–H groups in total. The number of carbonyl (C=O) groups excluding carboxylic acids is 2. The highest BCUT2D eigenvalue weighted by Gasteiger charge is 2.32. The maximum Gasteiger partial charge on any atom is 0.249 e. The topological polar surface area (TPSA) is 76.7 Å². The summed E-state index contributed by atoms with van der Waals surface area (Å²) in [5, 5.41) is 8.81. The van der Waals surface area contributed by atoms with Crippen LogP contribution < -0.4 is 20.9 Å². The van der Waals surface area contributed by atoms with E-state index in [1.807, 2.05) is 6.07 Å². The zero-order chi connectivity index (χ0) is 22.0. The summed E-state index contributed by atoms with van der Waals surface area (Å²) < 4.78 is 15.0. The van der Waals surface area contributed by atoms with E-state index in [4.69, 9.17) is 0 Å². The zero-order valence-electron chi connectivity index (χ0n) is 18.9. The molecule has 0 spiro atoms. The number of imide groups is 1. The minimum atomic E-state index is -0.512. The van der Waals surface area contributed by atoms with Gasteiger partial charge in [-0.25, -0.2) is 4.39 Å². The highest BCUT2D eigenvalue weighted by molar-refractivity contribution is 6.01. The van der Waals surface area contributed by atoms with Crippen LogP contribution in [0.25, 0.3) is 0 Å². The molecule has 9 heteroatoms. The summed E-state index contributed by atoms with van der Waals surface area (Å²) in [5.41, 5.74) is 1.16.